The largest absolute Gasteiger partial charge is 0.381 e. The van der Waals surface area contributed by atoms with Gasteiger partial charge in [-0.2, -0.15) is 0 Å². The second-order valence-corrected chi connectivity index (χ2v) is 4.98. The molecule has 1 N–H and O–H groups in total. The highest BCUT2D eigenvalue weighted by Gasteiger charge is 2.31. The number of nitrogens with one attached hydrogen (secondary N) is 1. The van der Waals surface area contributed by atoms with Gasteiger partial charge in [0.05, 0.1) is 6.10 Å². The third-order valence-corrected chi connectivity index (χ3v) is 3.50. The van der Waals surface area contributed by atoms with Crippen molar-refractivity contribution in [2.75, 3.05) is 26.9 Å². The molecule has 0 aliphatic carbocycles. The normalized spacial score (nSPS) is 22.3. The molecule has 0 aromatic carbocycles. The smallest absolute Gasteiger partial charge is 0.0749 e. The number of hydrogen-bond acceptors (Lipinski definition) is 3. The van der Waals surface area contributed by atoms with E-state index in [2.05, 4.69) is 26.1 Å². The fourth-order valence-corrected chi connectivity index (χ4v) is 2.70. The third kappa shape index (κ3) is 3.72. The molecular formula is C13H27NO2. The van der Waals surface area contributed by atoms with Crippen molar-refractivity contribution in [3.8, 4) is 0 Å². The summed E-state index contributed by atoms with van der Waals surface area (Å²) >= 11 is 0. The van der Waals surface area contributed by atoms with Crippen LogP contribution in [0.4, 0.5) is 0 Å². The first kappa shape index (κ1) is 13.9. The van der Waals surface area contributed by atoms with E-state index < -0.39 is 0 Å². The summed E-state index contributed by atoms with van der Waals surface area (Å²) in [5.41, 5.74) is 0. The summed E-state index contributed by atoms with van der Waals surface area (Å²) in [4.78, 5) is 0. The maximum Gasteiger partial charge on any atom is 0.0749 e. The first-order valence-corrected chi connectivity index (χ1v) is 6.54. The molecule has 16 heavy (non-hydrogen) atoms. The first-order valence-electron chi connectivity index (χ1n) is 6.54. The topological polar surface area (TPSA) is 30.5 Å². The van der Waals surface area contributed by atoms with Crippen LogP contribution < -0.4 is 5.32 Å². The van der Waals surface area contributed by atoms with E-state index in [0.29, 0.717) is 24.0 Å². The summed E-state index contributed by atoms with van der Waals surface area (Å²) in [7, 11) is 1.83. The average Bonchev–Trinajstić information content (AvgIpc) is 2.29. The molecule has 1 heterocycles. The lowest BCUT2D eigenvalue weighted by atomic mass is 9.84. The molecule has 1 aliphatic rings. The van der Waals surface area contributed by atoms with Crippen LogP contribution in [0.3, 0.4) is 0 Å². The van der Waals surface area contributed by atoms with Gasteiger partial charge >= 0.3 is 0 Å². The molecule has 2 atom stereocenters. The van der Waals surface area contributed by atoms with Crippen LogP contribution in [0.2, 0.25) is 0 Å². The Bertz CT molecular complexity index is 179. The Kier molecular flexibility index (Phi) is 6.32. The SMILES string of the molecule is CCNC(C1CCOCC1)C(OC)C(C)C. The summed E-state index contributed by atoms with van der Waals surface area (Å²) in [6, 6.07) is 0.471. The van der Waals surface area contributed by atoms with Crippen molar-refractivity contribution >= 4 is 0 Å². The van der Waals surface area contributed by atoms with Crippen molar-refractivity contribution in [1.82, 2.24) is 5.32 Å². The zero-order valence-corrected chi connectivity index (χ0v) is 11.2. The average molecular weight is 229 g/mol. The fraction of sp³-hybridized carbons (Fsp3) is 1.00. The fourth-order valence-electron chi connectivity index (χ4n) is 2.70. The highest BCUT2D eigenvalue weighted by Crippen LogP contribution is 2.25. The van der Waals surface area contributed by atoms with Gasteiger partial charge in [0.2, 0.25) is 0 Å². The molecule has 0 radical (unpaired) electrons. The van der Waals surface area contributed by atoms with Crippen molar-refractivity contribution in [3.63, 3.8) is 0 Å². The molecule has 96 valence electrons. The highest BCUT2D eigenvalue weighted by atomic mass is 16.5. The van der Waals surface area contributed by atoms with Crippen LogP contribution in [-0.4, -0.2) is 39.0 Å². The molecule has 0 spiro atoms. The Balaban J connectivity index is 2.62. The Labute approximate surface area is 99.9 Å². The Morgan fingerprint density at radius 1 is 1.31 bits per heavy atom. The molecule has 1 rings (SSSR count). The van der Waals surface area contributed by atoms with Crippen LogP contribution in [0.25, 0.3) is 0 Å². The second-order valence-electron chi connectivity index (χ2n) is 4.98. The van der Waals surface area contributed by atoms with Gasteiger partial charge in [-0.25, -0.2) is 0 Å². The summed E-state index contributed by atoms with van der Waals surface area (Å²) in [5.74, 6) is 1.25. The number of ether oxygens (including phenoxy) is 2. The van der Waals surface area contributed by atoms with Gasteiger partial charge in [0, 0.05) is 26.4 Å². The number of likely N-dealkylation sites (N-methyl/N-ethyl adjacent to an activating group) is 1. The second kappa shape index (κ2) is 7.25. The van der Waals surface area contributed by atoms with Crippen LogP contribution in [0.15, 0.2) is 0 Å². The molecule has 2 unspecified atom stereocenters. The first-order chi connectivity index (χ1) is 7.70. The highest BCUT2D eigenvalue weighted by molar-refractivity contribution is 4.86. The van der Waals surface area contributed by atoms with Crippen LogP contribution >= 0.6 is 0 Å². The minimum absolute atomic E-state index is 0.308. The van der Waals surface area contributed by atoms with Gasteiger partial charge in [0.15, 0.2) is 0 Å². The van der Waals surface area contributed by atoms with Crippen LogP contribution in [0, 0.1) is 11.8 Å². The summed E-state index contributed by atoms with van der Waals surface area (Å²) in [5, 5.41) is 3.60. The van der Waals surface area contributed by atoms with Crippen molar-refractivity contribution < 1.29 is 9.47 Å². The predicted octanol–water partition coefficient (Wildman–Crippen LogP) is 2.06. The van der Waals surface area contributed by atoms with Gasteiger partial charge in [0.1, 0.15) is 0 Å². The summed E-state index contributed by atoms with van der Waals surface area (Å²) < 4.78 is 11.1. The standard InChI is InChI=1S/C13H27NO2/c1-5-14-12(13(15-4)10(2)3)11-6-8-16-9-7-11/h10-14H,5-9H2,1-4H3. The molecule has 1 fully saturated rings. The summed E-state index contributed by atoms with van der Waals surface area (Å²) in [6.07, 6.45) is 2.62. The zero-order chi connectivity index (χ0) is 12.0. The van der Waals surface area contributed by atoms with E-state index in [1.54, 1.807) is 0 Å². The molecule has 1 saturated heterocycles. The van der Waals surface area contributed by atoms with E-state index in [-0.39, 0.29) is 0 Å². The van der Waals surface area contributed by atoms with E-state index >= 15 is 0 Å². The van der Waals surface area contributed by atoms with Crippen molar-refractivity contribution in [2.24, 2.45) is 11.8 Å². The van der Waals surface area contributed by atoms with E-state index in [1.807, 2.05) is 7.11 Å². The van der Waals surface area contributed by atoms with Gasteiger partial charge < -0.3 is 14.8 Å². The lowest BCUT2D eigenvalue weighted by Gasteiger charge is -2.37. The zero-order valence-electron chi connectivity index (χ0n) is 11.2. The summed E-state index contributed by atoms with van der Waals surface area (Å²) in [6.45, 7) is 9.45. The quantitative estimate of drug-likeness (QED) is 0.756. The predicted molar refractivity (Wildman–Crippen MR) is 66.6 cm³/mol. The van der Waals surface area contributed by atoms with Gasteiger partial charge in [-0.3, -0.25) is 0 Å². The van der Waals surface area contributed by atoms with Crippen molar-refractivity contribution in [3.05, 3.63) is 0 Å². The Morgan fingerprint density at radius 2 is 1.94 bits per heavy atom. The van der Waals surface area contributed by atoms with E-state index in [9.17, 15) is 0 Å². The molecule has 3 nitrogen and oxygen atoms in total. The molecule has 0 bridgehead atoms. The Morgan fingerprint density at radius 3 is 2.38 bits per heavy atom. The molecule has 0 aromatic rings. The Hall–Kier alpha value is -0.120. The van der Waals surface area contributed by atoms with Gasteiger partial charge in [0.25, 0.3) is 0 Å². The minimum atomic E-state index is 0.308. The maximum atomic E-state index is 5.68. The molecule has 0 amide bonds. The number of rotatable bonds is 6. The van der Waals surface area contributed by atoms with Crippen LogP contribution in [0.5, 0.6) is 0 Å². The number of hydrogen-bond donors (Lipinski definition) is 1. The molecule has 0 aromatic heterocycles. The van der Waals surface area contributed by atoms with E-state index in [1.165, 1.54) is 0 Å². The molecule has 3 heteroatoms. The maximum absolute atomic E-state index is 5.68. The monoisotopic (exact) mass is 229 g/mol. The minimum Gasteiger partial charge on any atom is -0.381 e. The third-order valence-electron chi connectivity index (χ3n) is 3.50. The molecule has 0 saturated carbocycles. The molecular weight excluding hydrogens is 202 g/mol. The van der Waals surface area contributed by atoms with Crippen molar-refractivity contribution in [2.45, 2.75) is 45.8 Å². The van der Waals surface area contributed by atoms with Crippen molar-refractivity contribution in [1.29, 1.82) is 0 Å². The van der Waals surface area contributed by atoms with Gasteiger partial charge in [-0.05, 0) is 31.2 Å². The lowest BCUT2D eigenvalue weighted by Crippen LogP contribution is -2.50. The van der Waals surface area contributed by atoms with Gasteiger partial charge in [-0.15, -0.1) is 0 Å². The van der Waals surface area contributed by atoms with E-state index in [4.69, 9.17) is 9.47 Å². The van der Waals surface area contributed by atoms with Crippen LogP contribution in [0.1, 0.15) is 33.6 Å². The van der Waals surface area contributed by atoms with Crippen LogP contribution in [-0.2, 0) is 9.47 Å². The van der Waals surface area contributed by atoms with E-state index in [0.717, 1.165) is 32.6 Å². The lowest BCUT2D eigenvalue weighted by molar-refractivity contribution is -0.0151. The number of methoxy groups -OCH3 is 1. The molecule has 1 aliphatic heterocycles. The van der Waals surface area contributed by atoms with Gasteiger partial charge in [-0.1, -0.05) is 20.8 Å².